The summed E-state index contributed by atoms with van der Waals surface area (Å²) in [6.07, 6.45) is 0. The topological polar surface area (TPSA) is 93.0 Å². The summed E-state index contributed by atoms with van der Waals surface area (Å²) in [4.78, 5) is 39.9. The summed E-state index contributed by atoms with van der Waals surface area (Å²) in [6, 6.07) is 16.0. The normalized spacial score (nSPS) is 11.9. The first kappa shape index (κ1) is 14.1. The molecule has 0 fully saturated rings. The highest BCUT2D eigenvalue weighted by atomic mass is 16.2. The summed E-state index contributed by atoms with van der Waals surface area (Å²) in [6.45, 7) is 0. The van der Waals surface area contributed by atoms with Gasteiger partial charge in [-0.15, -0.1) is 0 Å². The lowest BCUT2D eigenvalue weighted by Crippen LogP contribution is -2.26. The molecular formula is C19H12N2O3. The van der Waals surface area contributed by atoms with Gasteiger partial charge >= 0.3 is 0 Å². The van der Waals surface area contributed by atoms with Crippen molar-refractivity contribution in [3.63, 3.8) is 0 Å². The zero-order valence-corrected chi connectivity index (χ0v) is 12.5. The van der Waals surface area contributed by atoms with Crippen LogP contribution in [0.4, 0.5) is 0 Å². The molecule has 1 aliphatic rings. The fourth-order valence-electron chi connectivity index (χ4n) is 3.19. The zero-order chi connectivity index (χ0) is 16.8. The molecule has 116 valence electrons. The van der Waals surface area contributed by atoms with E-state index in [9.17, 15) is 14.4 Å². The lowest BCUT2D eigenvalue weighted by molar-refractivity contribution is 0.0999. The number of pyridine rings is 1. The Kier molecular flexibility index (Phi) is 2.96. The van der Waals surface area contributed by atoms with Crippen molar-refractivity contribution in [1.29, 1.82) is 0 Å². The number of primary amides is 1. The third-order valence-electron chi connectivity index (χ3n) is 4.19. The first-order valence-electron chi connectivity index (χ1n) is 7.39. The number of benzene rings is 2. The van der Waals surface area contributed by atoms with E-state index in [4.69, 9.17) is 5.73 Å². The third-order valence-corrected chi connectivity index (χ3v) is 4.19. The van der Waals surface area contributed by atoms with Crippen molar-refractivity contribution < 1.29 is 9.59 Å². The summed E-state index contributed by atoms with van der Waals surface area (Å²) >= 11 is 0. The number of amides is 1. The highest BCUT2D eigenvalue weighted by Gasteiger charge is 2.34. The van der Waals surface area contributed by atoms with Crippen LogP contribution in [0.5, 0.6) is 0 Å². The summed E-state index contributed by atoms with van der Waals surface area (Å²) in [5, 5.41) is 0. The fraction of sp³-hybridized carbons (Fsp3) is 0. The number of rotatable bonds is 2. The minimum atomic E-state index is -0.850. The molecule has 1 aromatic heterocycles. The molecule has 3 N–H and O–H groups in total. The van der Waals surface area contributed by atoms with Gasteiger partial charge in [0.15, 0.2) is 5.78 Å². The fourth-order valence-corrected chi connectivity index (χ4v) is 3.19. The van der Waals surface area contributed by atoms with Crippen LogP contribution in [-0.4, -0.2) is 16.7 Å². The number of fused-ring (bicyclic) bond motifs is 3. The highest BCUT2D eigenvalue weighted by Crippen LogP contribution is 2.41. The molecule has 0 unspecified atom stereocenters. The molecule has 5 heteroatoms. The van der Waals surface area contributed by atoms with Crippen LogP contribution < -0.4 is 11.3 Å². The quantitative estimate of drug-likeness (QED) is 0.594. The predicted octanol–water partition coefficient (Wildman–Crippen LogP) is 2.35. The van der Waals surface area contributed by atoms with Gasteiger partial charge in [0, 0.05) is 11.1 Å². The van der Waals surface area contributed by atoms with Crippen molar-refractivity contribution in [2.24, 2.45) is 5.73 Å². The molecule has 5 nitrogen and oxygen atoms in total. The maximum Gasteiger partial charge on any atom is 0.261 e. The van der Waals surface area contributed by atoms with Gasteiger partial charge in [-0.3, -0.25) is 14.4 Å². The average molecular weight is 316 g/mol. The van der Waals surface area contributed by atoms with Crippen LogP contribution in [0.15, 0.2) is 59.4 Å². The first-order valence-corrected chi connectivity index (χ1v) is 7.39. The number of hydrogen-bond donors (Lipinski definition) is 2. The number of aromatic nitrogens is 1. The number of ketones is 1. The Bertz CT molecular complexity index is 1070. The monoisotopic (exact) mass is 316 g/mol. The van der Waals surface area contributed by atoms with Crippen LogP contribution in [0.25, 0.3) is 22.4 Å². The first-order chi connectivity index (χ1) is 11.6. The summed E-state index contributed by atoms with van der Waals surface area (Å²) in [5.74, 6) is -1.07. The van der Waals surface area contributed by atoms with E-state index in [0.29, 0.717) is 33.5 Å². The minimum Gasteiger partial charge on any atom is -0.365 e. The van der Waals surface area contributed by atoms with Crippen molar-refractivity contribution >= 4 is 11.7 Å². The van der Waals surface area contributed by atoms with Crippen LogP contribution in [0.1, 0.15) is 26.3 Å². The average Bonchev–Trinajstić information content (AvgIpc) is 2.88. The van der Waals surface area contributed by atoms with E-state index in [1.54, 1.807) is 36.4 Å². The summed E-state index contributed by atoms with van der Waals surface area (Å²) < 4.78 is 0. The minimum absolute atomic E-state index is 0.178. The van der Waals surface area contributed by atoms with Crippen LogP contribution in [0.3, 0.4) is 0 Å². The van der Waals surface area contributed by atoms with Crippen LogP contribution in [-0.2, 0) is 0 Å². The Labute approximate surface area is 136 Å². The standard InChI is InChI=1S/C19H12N2O3/c20-18(23)15-13-11-8-4-5-9-12(11)17(22)14(13)16(21-19(15)24)10-6-2-1-3-7-10/h1-9H,(H2,20,23)(H,21,24). The van der Waals surface area contributed by atoms with E-state index in [1.165, 1.54) is 0 Å². The van der Waals surface area contributed by atoms with E-state index >= 15 is 0 Å². The van der Waals surface area contributed by atoms with Crippen LogP contribution in [0, 0.1) is 0 Å². The maximum absolute atomic E-state index is 12.9. The molecule has 0 radical (unpaired) electrons. The van der Waals surface area contributed by atoms with Crippen molar-refractivity contribution in [2.45, 2.75) is 0 Å². The Balaban J connectivity index is 2.17. The number of nitrogens with two attached hydrogens (primary N) is 1. The Hall–Kier alpha value is -3.47. The highest BCUT2D eigenvalue weighted by molar-refractivity contribution is 6.26. The third kappa shape index (κ3) is 1.85. The second-order valence-electron chi connectivity index (χ2n) is 5.56. The molecule has 1 aliphatic carbocycles. The van der Waals surface area contributed by atoms with Gasteiger partial charge in [0.1, 0.15) is 5.56 Å². The molecule has 24 heavy (non-hydrogen) atoms. The lowest BCUT2D eigenvalue weighted by atomic mass is 9.96. The molecule has 1 heterocycles. The second-order valence-corrected chi connectivity index (χ2v) is 5.56. The second kappa shape index (κ2) is 5.03. The molecule has 0 spiro atoms. The molecule has 0 saturated carbocycles. The van der Waals surface area contributed by atoms with Crippen molar-refractivity contribution in [3.05, 3.63) is 81.6 Å². The molecule has 4 rings (SSSR count). The molecular weight excluding hydrogens is 304 g/mol. The van der Waals surface area contributed by atoms with Gasteiger partial charge in [-0.1, -0.05) is 54.6 Å². The molecule has 3 aromatic rings. The summed E-state index contributed by atoms with van der Waals surface area (Å²) in [5.41, 5.74) is 7.41. The van der Waals surface area contributed by atoms with Gasteiger partial charge in [0.25, 0.3) is 11.5 Å². The van der Waals surface area contributed by atoms with Crippen molar-refractivity contribution in [2.75, 3.05) is 0 Å². The number of hydrogen-bond acceptors (Lipinski definition) is 3. The number of carbonyl (C=O) groups is 2. The number of aromatic amines is 1. The molecule has 0 atom stereocenters. The zero-order valence-electron chi connectivity index (χ0n) is 12.5. The lowest BCUT2D eigenvalue weighted by Gasteiger charge is -2.10. The van der Waals surface area contributed by atoms with Gasteiger partial charge < -0.3 is 10.7 Å². The number of H-pyrrole nitrogens is 1. The van der Waals surface area contributed by atoms with Crippen LogP contribution in [0.2, 0.25) is 0 Å². The molecule has 1 amide bonds. The SMILES string of the molecule is NC(=O)c1c2c(c(-c3ccccc3)[nH]c1=O)C(=O)c1ccccc1-2. The largest absolute Gasteiger partial charge is 0.365 e. The van der Waals surface area contributed by atoms with Crippen LogP contribution >= 0.6 is 0 Å². The molecule has 0 aliphatic heterocycles. The molecule has 2 aromatic carbocycles. The summed E-state index contributed by atoms with van der Waals surface area (Å²) in [7, 11) is 0. The van der Waals surface area contributed by atoms with Gasteiger partial charge in [0.05, 0.1) is 11.3 Å². The molecule has 0 saturated heterocycles. The number of carbonyl (C=O) groups excluding carboxylic acids is 2. The number of nitrogens with one attached hydrogen (secondary N) is 1. The Morgan fingerprint density at radius 2 is 1.46 bits per heavy atom. The van der Waals surface area contributed by atoms with E-state index in [0.717, 1.165) is 0 Å². The maximum atomic E-state index is 12.9. The van der Waals surface area contributed by atoms with Gasteiger partial charge in [0.2, 0.25) is 0 Å². The van der Waals surface area contributed by atoms with E-state index in [-0.39, 0.29) is 11.3 Å². The van der Waals surface area contributed by atoms with Gasteiger partial charge in [-0.05, 0) is 11.1 Å². The van der Waals surface area contributed by atoms with E-state index in [2.05, 4.69) is 4.98 Å². The van der Waals surface area contributed by atoms with Gasteiger partial charge in [-0.2, -0.15) is 0 Å². The molecule has 0 bridgehead atoms. The van der Waals surface area contributed by atoms with Gasteiger partial charge in [-0.25, -0.2) is 0 Å². The van der Waals surface area contributed by atoms with Crippen molar-refractivity contribution in [3.8, 4) is 22.4 Å². The Morgan fingerprint density at radius 1 is 0.833 bits per heavy atom. The van der Waals surface area contributed by atoms with E-state index < -0.39 is 11.5 Å². The predicted molar refractivity (Wildman–Crippen MR) is 89.9 cm³/mol. The Morgan fingerprint density at radius 3 is 2.12 bits per heavy atom. The van der Waals surface area contributed by atoms with Crippen molar-refractivity contribution in [1.82, 2.24) is 4.98 Å². The van der Waals surface area contributed by atoms with E-state index in [1.807, 2.05) is 18.2 Å². The smallest absolute Gasteiger partial charge is 0.261 e.